The first-order valence-corrected chi connectivity index (χ1v) is 6.82. The van der Waals surface area contributed by atoms with Crippen molar-refractivity contribution in [2.75, 3.05) is 0 Å². The lowest BCUT2D eigenvalue weighted by atomic mass is 10.2. The highest BCUT2D eigenvalue weighted by Crippen LogP contribution is 2.13. The summed E-state index contributed by atoms with van der Waals surface area (Å²) in [6.45, 7) is 2.72. The Balaban J connectivity index is 1.87. The molecule has 3 rings (SSSR count). The number of nitrogens with zero attached hydrogens (tertiary/aromatic N) is 3. The van der Waals surface area contributed by atoms with Gasteiger partial charge < -0.3 is 10.3 Å². The first kappa shape index (κ1) is 12.8. The van der Waals surface area contributed by atoms with E-state index in [9.17, 15) is 0 Å². The van der Waals surface area contributed by atoms with Crippen LogP contribution in [0.2, 0.25) is 0 Å². The molecule has 0 aliphatic carbocycles. The zero-order chi connectivity index (χ0) is 13.9. The van der Waals surface area contributed by atoms with Gasteiger partial charge in [-0.25, -0.2) is 4.98 Å². The van der Waals surface area contributed by atoms with Crippen molar-refractivity contribution in [3.8, 4) is 0 Å². The van der Waals surface area contributed by atoms with Crippen LogP contribution in [-0.4, -0.2) is 20.6 Å². The molecule has 0 fully saturated rings. The average Bonchev–Trinajstić information content (AvgIpc) is 2.85. The summed E-state index contributed by atoms with van der Waals surface area (Å²) in [5.74, 6) is 1.01. The number of fused-ring (bicyclic) bond motifs is 1. The molecule has 102 valence electrons. The Labute approximate surface area is 118 Å². The van der Waals surface area contributed by atoms with E-state index in [4.69, 9.17) is 10.7 Å². The van der Waals surface area contributed by atoms with Gasteiger partial charge in [0.1, 0.15) is 5.82 Å². The van der Waals surface area contributed by atoms with E-state index in [-0.39, 0.29) is 6.04 Å². The number of para-hydroxylation sites is 1. The highest BCUT2D eigenvalue weighted by Gasteiger charge is 2.07. The zero-order valence-electron chi connectivity index (χ0n) is 11.5. The summed E-state index contributed by atoms with van der Waals surface area (Å²) >= 11 is 0. The summed E-state index contributed by atoms with van der Waals surface area (Å²) in [7, 11) is 0. The second-order valence-corrected chi connectivity index (χ2v) is 5.15. The molecule has 0 saturated carbocycles. The van der Waals surface area contributed by atoms with Crippen molar-refractivity contribution in [3.63, 3.8) is 0 Å². The highest BCUT2D eigenvalue weighted by molar-refractivity contribution is 5.78. The molecular formula is C16H18N4. The first-order valence-electron chi connectivity index (χ1n) is 6.82. The number of aromatic nitrogens is 3. The molecule has 4 heteroatoms. The van der Waals surface area contributed by atoms with E-state index in [1.807, 2.05) is 37.5 Å². The minimum absolute atomic E-state index is 0.112. The van der Waals surface area contributed by atoms with E-state index in [2.05, 4.69) is 27.8 Å². The van der Waals surface area contributed by atoms with Gasteiger partial charge in [0.25, 0.3) is 0 Å². The van der Waals surface area contributed by atoms with E-state index in [0.717, 1.165) is 35.4 Å². The zero-order valence-corrected chi connectivity index (χ0v) is 11.5. The molecular weight excluding hydrogens is 248 g/mol. The van der Waals surface area contributed by atoms with E-state index in [1.165, 1.54) is 0 Å². The molecule has 0 amide bonds. The van der Waals surface area contributed by atoms with Gasteiger partial charge in [-0.2, -0.15) is 0 Å². The average molecular weight is 266 g/mol. The molecule has 0 spiro atoms. The van der Waals surface area contributed by atoms with E-state index in [0.29, 0.717) is 0 Å². The predicted molar refractivity (Wildman–Crippen MR) is 80.4 cm³/mol. The maximum atomic E-state index is 5.85. The van der Waals surface area contributed by atoms with Crippen molar-refractivity contribution in [1.29, 1.82) is 0 Å². The van der Waals surface area contributed by atoms with Crippen LogP contribution >= 0.6 is 0 Å². The smallest absolute Gasteiger partial charge is 0.110 e. The second kappa shape index (κ2) is 5.43. The molecule has 20 heavy (non-hydrogen) atoms. The Bertz CT molecular complexity index is 715. The monoisotopic (exact) mass is 266 g/mol. The number of pyridine rings is 1. The molecule has 2 aromatic heterocycles. The quantitative estimate of drug-likeness (QED) is 0.788. The molecule has 1 aromatic carbocycles. The summed E-state index contributed by atoms with van der Waals surface area (Å²) in [4.78, 5) is 9.06. The van der Waals surface area contributed by atoms with Crippen LogP contribution in [0, 0.1) is 0 Å². The van der Waals surface area contributed by atoms with Gasteiger partial charge in [0, 0.05) is 30.2 Å². The van der Waals surface area contributed by atoms with E-state index < -0.39 is 0 Å². The molecule has 3 aromatic rings. The molecule has 0 saturated heterocycles. The van der Waals surface area contributed by atoms with Crippen molar-refractivity contribution < 1.29 is 0 Å². The minimum Gasteiger partial charge on any atom is -0.329 e. The van der Waals surface area contributed by atoms with Gasteiger partial charge in [-0.05, 0) is 19.1 Å². The Morgan fingerprint density at radius 1 is 1.20 bits per heavy atom. The minimum atomic E-state index is 0.112. The van der Waals surface area contributed by atoms with Crippen molar-refractivity contribution in [2.24, 2.45) is 5.73 Å². The number of hydrogen-bond donors (Lipinski definition) is 1. The van der Waals surface area contributed by atoms with Crippen molar-refractivity contribution >= 4 is 10.9 Å². The van der Waals surface area contributed by atoms with Crippen molar-refractivity contribution in [1.82, 2.24) is 14.5 Å². The van der Waals surface area contributed by atoms with E-state index >= 15 is 0 Å². The van der Waals surface area contributed by atoms with E-state index in [1.54, 1.807) is 0 Å². The van der Waals surface area contributed by atoms with Crippen LogP contribution in [0.4, 0.5) is 0 Å². The molecule has 0 radical (unpaired) electrons. The third-order valence-electron chi connectivity index (χ3n) is 3.29. The van der Waals surface area contributed by atoms with Gasteiger partial charge in [-0.1, -0.05) is 24.3 Å². The van der Waals surface area contributed by atoms with Crippen LogP contribution in [0.1, 0.15) is 18.4 Å². The van der Waals surface area contributed by atoms with Gasteiger partial charge in [0.2, 0.25) is 0 Å². The molecule has 1 atom stereocenters. The summed E-state index contributed by atoms with van der Waals surface area (Å²) in [6, 6.07) is 12.4. The lowest BCUT2D eigenvalue weighted by molar-refractivity contribution is 0.644. The van der Waals surface area contributed by atoms with Crippen LogP contribution in [-0.2, 0) is 13.0 Å². The van der Waals surface area contributed by atoms with Crippen molar-refractivity contribution in [2.45, 2.75) is 25.9 Å². The normalized spacial score (nSPS) is 12.7. The predicted octanol–water partition coefficient (Wildman–Crippen LogP) is 2.37. The Morgan fingerprint density at radius 2 is 2.05 bits per heavy atom. The summed E-state index contributed by atoms with van der Waals surface area (Å²) < 4.78 is 2.11. The Kier molecular flexibility index (Phi) is 3.48. The molecule has 4 nitrogen and oxygen atoms in total. The van der Waals surface area contributed by atoms with Gasteiger partial charge in [-0.3, -0.25) is 4.98 Å². The van der Waals surface area contributed by atoms with Gasteiger partial charge in [0.05, 0.1) is 17.8 Å². The fraction of sp³-hybridized carbons (Fsp3) is 0.250. The first-order chi connectivity index (χ1) is 9.72. The summed E-state index contributed by atoms with van der Waals surface area (Å²) in [5.41, 5.74) is 7.91. The number of benzene rings is 1. The molecule has 1 unspecified atom stereocenters. The van der Waals surface area contributed by atoms with Gasteiger partial charge in [-0.15, -0.1) is 0 Å². The molecule has 2 N–H and O–H groups in total. The van der Waals surface area contributed by atoms with Crippen LogP contribution in [0.3, 0.4) is 0 Å². The van der Waals surface area contributed by atoms with Gasteiger partial charge in [0.15, 0.2) is 0 Å². The van der Waals surface area contributed by atoms with Crippen LogP contribution in [0.15, 0.2) is 48.8 Å². The highest BCUT2D eigenvalue weighted by atomic mass is 15.1. The molecule has 0 bridgehead atoms. The summed E-state index contributed by atoms with van der Waals surface area (Å²) in [5, 5.41) is 1.16. The number of nitrogens with two attached hydrogens (primary N) is 1. The molecule has 0 aliphatic heterocycles. The van der Waals surface area contributed by atoms with Crippen molar-refractivity contribution in [3.05, 3.63) is 60.3 Å². The van der Waals surface area contributed by atoms with Crippen LogP contribution in [0.25, 0.3) is 10.9 Å². The topological polar surface area (TPSA) is 56.7 Å². The fourth-order valence-electron chi connectivity index (χ4n) is 2.33. The Morgan fingerprint density at radius 3 is 2.90 bits per heavy atom. The largest absolute Gasteiger partial charge is 0.329 e. The SMILES string of the molecule is CC(N)Cc1nccn1Cc1ccc2ccccc2n1. The second-order valence-electron chi connectivity index (χ2n) is 5.15. The van der Waals surface area contributed by atoms with Gasteiger partial charge >= 0.3 is 0 Å². The third-order valence-corrected chi connectivity index (χ3v) is 3.29. The lowest BCUT2D eigenvalue weighted by Gasteiger charge is -2.10. The Hall–Kier alpha value is -2.20. The third kappa shape index (κ3) is 2.70. The maximum Gasteiger partial charge on any atom is 0.110 e. The molecule has 2 heterocycles. The number of hydrogen-bond acceptors (Lipinski definition) is 3. The summed E-state index contributed by atoms with van der Waals surface area (Å²) in [6.07, 6.45) is 4.58. The van der Waals surface area contributed by atoms with Crippen LogP contribution in [0.5, 0.6) is 0 Å². The standard InChI is InChI=1S/C16H18N4/c1-12(17)10-16-18-8-9-20(16)11-14-7-6-13-4-2-3-5-15(13)19-14/h2-9,12H,10-11,17H2,1H3. The number of rotatable bonds is 4. The lowest BCUT2D eigenvalue weighted by Crippen LogP contribution is -2.20. The van der Waals surface area contributed by atoms with Crippen LogP contribution < -0.4 is 5.73 Å². The maximum absolute atomic E-state index is 5.85. The molecule has 0 aliphatic rings. The number of imidazole rings is 1. The fourth-order valence-corrected chi connectivity index (χ4v) is 2.33.